The van der Waals surface area contributed by atoms with E-state index >= 15 is 0 Å². The third-order valence-electron chi connectivity index (χ3n) is 2.66. The topological polar surface area (TPSA) is 31.1 Å². The monoisotopic (exact) mass is 209 g/mol. The summed E-state index contributed by atoms with van der Waals surface area (Å²) in [5.74, 6) is 0. The molecule has 0 aromatic carbocycles. The average molecular weight is 209 g/mol. The molecule has 86 valence electrons. The van der Waals surface area contributed by atoms with Crippen molar-refractivity contribution >= 4 is 0 Å². The van der Waals surface area contributed by atoms with Crippen molar-refractivity contribution in [2.45, 2.75) is 19.3 Å². The molecule has 0 saturated carbocycles. The highest BCUT2D eigenvalue weighted by Crippen LogP contribution is 2.00. The number of aromatic nitrogens is 1. The van der Waals surface area contributed by atoms with E-state index in [9.17, 15) is 0 Å². The minimum absolute atomic E-state index is 1.13. The zero-order valence-electron chi connectivity index (χ0n) is 9.92. The number of likely N-dealkylation sites (N-methyl/N-ethyl adjacent to an activating group) is 1. The molecule has 0 aliphatic heterocycles. The van der Waals surface area contributed by atoms with Crippen LogP contribution in [0.15, 0.2) is 18.5 Å². The Balaban J connectivity index is 2.01. The molecular formula is C12H23N3. The maximum Gasteiger partial charge on any atom is 0.00378 e. The summed E-state index contributed by atoms with van der Waals surface area (Å²) in [5, 5.41) is 3.17. The average Bonchev–Trinajstić information content (AvgIpc) is 2.74. The molecule has 1 aromatic rings. The van der Waals surface area contributed by atoms with E-state index in [1.165, 1.54) is 24.9 Å². The molecule has 1 heterocycles. The lowest BCUT2D eigenvalue weighted by Crippen LogP contribution is -2.23. The van der Waals surface area contributed by atoms with Gasteiger partial charge < -0.3 is 15.2 Å². The van der Waals surface area contributed by atoms with Crippen LogP contribution in [0.1, 0.15) is 18.4 Å². The molecule has 0 spiro atoms. The fourth-order valence-electron chi connectivity index (χ4n) is 1.63. The van der Waals surface area contributed by atoms with Crippen LogP contribution < -0.4 is 5.32 Å². The quantitative estimate of drug-likeness (QED) is 0.636. The first-order chi connectivity index (χ1) is 7.33. The number of nitrogens with one attached hydrogen (secondary N) is 2. The summed E-state index contributed by atoms with van der Waals surface area (Å²) < 4.78 is 0. The van der Waals surface area contributed by atoms with Crippen LogP contribution >= 0.6 is 0 Å². The lowest BCUT2D eigenvalue weighted by Gasteiger charge is -2.15. The Hall–Kier alpha value is -0.800. The van der Waals surface area contributed by atoms with E-state index in [1.807, 2.05) is 13.2 Å². The van der Waals surface area contributed by atoms with Gasteiger partial charge in [-0.05, 0) is 58.1 Å². The lowest BCUT2D eigenvalue weighted by molar-refractivity contribution is 0.329. The van der Waals surface area contributed by atoms with Gasteiger partial charge in [0.2, 0.25) is 0 Å². The molecule has 0 radical (unpaired) electrons. The number of H-pyrrole nitrogens is 1. The van der Waals surface area contributed by atoms with Crippen molar-refractivity contribution in [3.05, 3.63) is 24.0 Å². The van der Waals surface area contributed by atoms with E-state index in [-0.39, 0.29) is 0 Å². The molecule has 0 fully saturated rings. The lowest BCUT2D eigenvalue weighted by atomic mass is 10.2. The van der Waals surface area contributed by atoms with Crippen molar-refractivity contribution in [1.29, 1.82) is 0 Å². The van der Waals surface area contributed by atoms with Gasteiger partial charge in [-0.1, -0.05) is 0 Å². The first-order valence-electron chi connectivity index (χ1n) is 5.77. The second kappa shape index (κ2) is 7.49. The Morgan fingerprint density at radius 3 is 2.87 bits per heavy atom. The van der Waals surface area contributed by atoms with E-state index in [2.05, 4.69) is 34.5 Å². The van der Waals surface area contributed by atoms with Gasteiger partial charge in [0.05, 0.1) is 0 Å². The van der Waals surface area contributed by atoms with E-state index in [0.717, 1.165) is 19.5 Å². The van der Waals surface area contributed by atoms with Crippen molar-refractivity contribution in [3.8, 4) is 0 Å². The molecule has 0 bridgehead atoms. The van der Waals surface area contributed by atoms with Gasteiger partial charge >= 0.3 is 0 Å². The number of rotatable bonds is 8. The van der Waals surface area contributed by atoms with Crippen LogP contribution in [0.2, 0.25) is 0 Å². The van der Waals surface area contributed by atoms with Crippen LogP contribution in [0.5, 0.6) is 0 Å². The number of unbranched alkanes of at least 4 members (excludes halogenated alkanes) is 1. The SMILES string of the molecule is CNCCCCN(C)CCc1cc[nH]c1. The van der Waals surface area contributed by atoms with E-state index in [1.54, 1.807) is 0 Å². The van der Waals surface area contributed by atoms with Crippen LogP contribution in [-0.4, -0.2) is 43.6 Å². The van der Waals surface area contributed by atoms with Crippen molar-refractivity contribution in [2.75, 3.05) is 33.7 Å². The summed E-state index contributed by atoms with van der Waals surface area (Å²) in [4.78, 5) is 5.49. The first-order valence-corrected chi connectivity index (χ1v) is 5.77. The normalized spacial score (nSPS) is 11.1. The summed E-state index contributed by atoms with van der Waals surface area (Å²) in [6.45, 7) is 3.48. The summed E-state index contributed by atoms with van der Waals surface area (Å²) in [6, 6.07) is 2.15. The number of hydrogen-bond acceptors (Lipinski definition) is 2. The predicted octanol–water partition coefficient (Wildman–Crippen LogP) is 1.49. The predicted molar refractivity (Wildman–Crippen MR) is 65.2 cm³/mol. The van der Waals surface area contributed by atoms with E-state index in [0.29, 0.717) is 0 Å². The third-order valence-corrected chi connectivity index (χ3v) is 2.66. The van der Waals surface area contributed by atoms with Crippen LogP contribution in [-0.2, 0) is 6.42 Å². The van der Waals surface area contributed by atoms with Crippen molar-refractivity contribution in [1.82, 2.24) is 15.2 Å². The molecular weight excluding hydrogens is 186 g/mol. The molecule has 3 heteroatoms. The molecule has 2 N–H and O–H groups in total. The Labute approximate surface area is 92.9 Å². The minimum Gasteiger partial charge on any atom is -0.367 e. The molecule has 0 amide bonds. The van der Waals surface area contributed by atoms with Gasteiger partial charge in [-0.2, -0.15) is 0 Å². The minimum atomic E-state index is 1.13. The maximum absolute atomic E-state index is 3.17. The smallest absolute Gasteiger partial charge is 0.00378 e. The van der Waals surface area contributed by atoms with Crippen molar-refractivity contribution in [2.24, 2.45) is 0 Å². The summed E-state index contributed by atoms with van der Waals surface area (Å²) >= 11 is 0. The van der Waals surface area contributed by atoms with Crippen LogP contribution in [0, 0.1) is 0 Å². The van der Waals surface area contributed by atoms with Crippen LogP contribution in [0.3, 0.4) is 0 Å². The van der Waals surface area contributed by atoms with Crippen LogP contribution in [0.4, 0.5) is 0 Å². The second-order valence-electron chi connectivity index (χ2n) is 4.08. The highest BCUT2D eigenvalue weighted by Gasteiger charge is 1.99. The molecule has 0 saturated heterocycles. The first kappa shape index (κ1) is 12.3. The molecule has 0 atom stereocenters. The van der Waals surface area contributed by atoms with Gasteiger partial charge in [0, 0.05) is 18.9 Å². The molecule has 1 aromatic heterocycles. The zero-order valence-corrected chi connectivity index (χ0v) is 9.92. The number of hydrogen-bond donors (Lipinski definition) is 2. The van der Waals surface area contributed by atoms with Crippen molar-refractivity contribution in [3.63, 3.8) is 0 Å². The second-order valence-corrected chi connectivity index (χ2v) is 4.08. The zero-order chi connectivity index (χ0) is 10.9. The molecule has 0 aliphatic rings. The van der Waals surface area contributed by atoms with Gasteiger partial charge in [-0.25, -0.2) is 0 Å². The highest BCUT2D eigenvalue weighted by molar-refractivity contribution is 5.08. The molecule has 0 aliphatic carbocycles. The van der Waals surface area contributed by atoms with E-state index < -0.39 is 0 Å². The molecule has 15 heavy (non-hydrogen) atoms. The highest BCUT2D eigenvalue weighted by atomic mass is 15.1. The Morgan fingerprint density at radius 2 is 2.20 bits per heavy atom. The Kier molecular flexibility index (Phi) is 6.12. The maximum atomic E-state index is 3.17. The summed E-state index contributed by atoms with van der Waals surface area (Å²) in [6.07, 6.45) is 7.76. The summed E-state index contributed by atoms with van der Waals surface area (Å²) in [7, 11) is 4.21. The van der Waals surface area contributed by atoms with Crippen LogP contribution in [0.25, 0.3) is 0 Å². The fraction of sp³-hybridized carbons (Fsp3) is 0.667. The summed E-state index contributed by atoms with van der Waals surface area (Å²) in [5.41, 5.74) is 1.40. The molecule has 1 rings (SSSR count). The third kappa shape index (κ3) is 5.60. The van der Waals surface area contributed by atoms with Gasteiger partial charge in [0.1, 0.15) is 0 Å². The number of aromatic amines is 1. The standard InChI is InChI=1S/C12H23N3/c1-13-7-3-4-9-15(2)10-6-12-5-8-14-11-12/h5,8,11,13-14H,3-4,6-7,9-10H2,1-2H3. The Bertz CT molecular complexity index is 231. The van der Waals surface area contributed by atoms with Gasteiger partial charge in [0.25, 0.3) is 0 Å². The van der Waals surface area contributed by atoms with Crippen molar-refractivity contribution < 1.29 is 0 Å². The van der Waals surface area contributed by atoms with Gasteiger partial charge in [0.15, 0.2) is 0 Å². The largest absolute Gasteiger partial charge is 0.367 e. The van der Waals surface area contributed by atoms with E-state index in [4.69, 9.17) is 0 Å². The molecule has 0 unspecified atom stereocenters. The fourth-order valence-corrected chi connectivity index (χ4v) is 1.63. The van der Waals surface area contributed by atoms with Gasteiger partial charge in [-0.15, -0.1) is 0 Å². The molecule has 3 nitrogen and oxygen atoms in total. The number of nitrogens with zero attached hydrogens (tertiary/aromatic N) is 1. The Morgan fingerprint density at radius 1 is 1.33 bits per heavy atom. The van der Waals surface area contributed by atoms with Gasteiger partial charge in [-0.3, -0.25) is 0 Å².